The number of hydrazine groups is 1. The minimum atomic E-state index is -1.06. The summed E-state index contributed by atoms with van der Waals surface area (Å²) in [5.41, 5.74) is 3.35. The number of benzene rings is 2. The van der Waals surface area contributed by atoms with Crippen LogP contribution in [0.1, 0.15) is 31.7 Å². The van der Waals surface area contributed by atoms with Gasteiger partial charge in [0.25, 0.3) is 0 Å². The van der Waals surface area contributed by atoms with Crippen LogP contribution in [0.15, 0.2) is 42.5 Å². The van der Waals surface area contributed by atoms with E-state index in [1.165, 1.54) is 19.1 Å². The molecule has 1 aromatic heterocycles. The summed E-state index contributed by atoms with van der Waals surface area (Å²) in [5, 5.41) is 21.5. The lowest BCUT2D eigenvalue weighted by Crippen LogP contribution is -2.50. The molecule has 38 heavy (non-hydrogen) atoms. The molecule has 10 nitrogen and oxygen atoms in total. The highest BCUT2D eigenvalue weighted by Crippen LogP contribution is 2.31. The molecule has 3 N–H and O–H groups in total. The van der Waals surface area contributed by atoms with E-state index in [0.29, 0.717) is 15.6 Å². The molecule has 3 aromatic rings. The Labute approximate surface area is 225 Å². The van der Waals surface area contributed by atoms with Crippen molar-refractivity contribution in [1.29, 1.82) is 0 Å². The molecule has 3 rings (SSSR count). The van der Waals surface area contributed by atoms with Crippen LogP contribution in [0.3, 0.4) is 0 Å². The second-order valence-electron chi connectivity index (χ2n) is 7.99. The Kier molecular flexibility index (Phi) is 10.4. The number of carbonyl (C=O) groups excluding carboxylic acids is 2. The van der Waals surface area contributed by atoms with Crippen molar-refractivity contribution in [3.63, 3.8) is 0 Å². The summed E-state index contributed by atoms with van der Waals surface area (Å²) in [6.07, 6.45) is -0.743. The van der Waals surface area contributed by atoms with E-state index < -0.39 is 35.6 Å². The maximum atomic E-state index is 14.1. The molecule has 0 saturated carbocycles. The Bertz CT molecular complexity index is 1290. The lowest BCUT2D eigenvalue weighted by molar-refractivity contribution is -0.137. The first-order valence-corrected chi connectivity index (χ1v) is 12.5. The van der Waals surface area contributed by atoms with Crippen LogP contribution < -0.4 is 10.7 Å². The first-order valence-electron chi connectivity index (χ1n) is 11.4. The summed E-state index contributed by atoms with van der Waals surface area (Å²) in [5.74, 6) is -3.63. The summed E-state index contributed by atoms with van der Waals surface area (Å²) in [6.45, 7) is 0.678. The van der Waals surface area contributed by atoms with Crippen LogP contribution in [0, 0.1) is 11.6 Å². The zero-order chi connectivity index (χ0) is 27.7. The fourth-order valence-corrected chi connectivity index (χ4v) is 4.49. The van der Waals surface area contributed by atoms with Crippen molar-refractivity contribution in [2.75, 3.05) is 11.9 Å². The third-order valence-corrected chi connectivity index (χ3v) is 6.45. The number of aliphatic carboxylic acids is 1. The second kappa shape index (κ2) is 13.7. The van der Waals surface area contributed by atoms with Crippen LogP contribution in [0.5, 0.6) is 0 Å². The molecule has 14 heteroatoms. The van der Waals surface area contributed by atoms with E-state index in [-0.39, 0.29) is 43.1 Å². The van der Waals surface area contributed by atoms with Crippen molar-refractivity contribution in [3.05, 3.63) is 64.7 Å². The van der Waals surface area contributed by atoms with Crippen LogP contribution in [0.4, 0.5) is 18.7 Å². The summed E-state index contributed by atoms with van der Waals surface area (Å²) in [7, 11) is 0. The maximum absolute atomic E-state index is 14.1. The van der Waals surface area contributed by atoms with Crippen molar-refractivity contribution >= 4 is 46.0 Å². The number of nitrogens with zero attached hydrogens (tertiary/aromatic N) is 3. The number of anilines is 1. The highest BCUT2D eigenvalue weighted by Gasteiger charge is 2.24. The molecular weight excluding hydrogens is 544 g/mol. The molecule has 202 valence electrons. The van der Waals surface area contributed by atoms with Gasteiger partial charge in [-0.05, 0) is 25.0 Å². The molecule has 0 fully saturated rings. The highest BCUT2D eigenvalue weighted by atomic mass is 35.5. The van der Waals surface area contributed by atoms with E-state index in [1.54, 1.807) is 24.3 Å². The highest BCUT2D eigenvalue weighted by molar-refractivity contribution is 7.18. The molecule has 0 aliphatic carbocycles. The Morgan fingerprint density at radius 2 is 1.92 bits per heavy atom. The van der Waals surface area contributed by atoms with Crippen molar-refractivity contribution in [1.82, 2.24) is 20.6 Å². The average Bonchev–Trinajstić information content (AvgIpc) is 3.32. The van der Waals surface area contributed by atoms with E-state index in [9.17, 15) is 23.2 Å². The minimum absolute atomic E-state index is 0.0233. The largest absolute Gasteiger partial charge is 0.481 e. The van der Waals surface area contributed by atoms with Gasteiger partial charge in [0.2, 0.25) is 11.0 Å². The SMILES string of the molecule is CC(=O)N(NCc1cccc(F)c1F)[C@@H](CCCC(=O)O)COC(=O)Nc1nnc(-c2ccccc2Cl)s1. The quantitative estimate of drug-likeness (QED) is 0.264. The van der Waals surface area contributed by atoms with E-state index >= 15 is 0 Å². The number of hydrogen-bond acceptors (Lipinski definition) is 8. The lowest BCUT2D eigenvalue weighted by Gasteiger charge is -2.31. The number of amides is 2. The third kappa shape index (κ3) is 8.16. The van der Waals surface area contributed by atoms with E-state index in [4.69, 9.17) is 21.4 Å². The van der Waals surface area contributed by atoms with Gasteiger partial charge in [0.05, 0.1) is 11.1 Å². The van der Waals surface area contributed by atoms with Gasteiger partial charge in [-0.1, -0.05) is 53.3 Å². The molecule has 0 aliphatic heterocycles. The summed E-state index contributed by atoms with van der Waals surface area (Å²) in [4.78, 5) is 35.8. The van der Waals surface area contributed by atoms with Gasteiger partial charge in [-0.25, -0.2) is 19.0 Å². The van der Waals surface area contributed by atoms with Gasteiger partial charge < -0.3 is 9.84 Å². The minimum Gasteiger partial charge on any atom is -0.481 e. The molecule has 0 aliphatic rings. The summed E-state index contributed by atoms with van der Waals surface area (Å²) in [6, 6.07) is 9.85. The van der Waals surface area contributed by atoms with Crippen molar-refractivity contribution in [2.45, 2.75) is 38.8 Å². The average molecular weight is 568 g/mol. The Balaban J connectivity index is 1.65. The van der Waals surface area contributed by atoms with Crippen LogP contribution in [-0.4, -0.2) is 50.9 Å². The molecule has 0 bridgehead atoms. The Hall–Kier alpha value is -3.68. The van der Waals surface area contributed by atoms with Gasteiger partial charge in [-0.2, -0.15) is 0 Å². The van der Waals surface area contributed by atoms with E-state index in [2.05, 4.69) is 20.9 Å². The normalized spacial score (nSPS) is 11.6. The summed E-state index contributed by atoms with van der Waals surface area (Å²) >= 11 is 7.24. The van der Waals surface area contributed by atoms with Crippen LogP contribution >= 0.6 is 22.9 Å². The van der Waals surface area contributed by atoms with Gasteiger partial charge in [0.15, 0.2) is 16.6 Å². The number of hydrogen-bond donors (Lipinski definition) is 3. The van der Waals surface area contributed by atoms with E-state index in [0.717, 1.165) is 22.4 Å². The number of carbonyl (C=O) groups is 3. The van der Waals surface area contributed by atoms with Crippen molar-refractivity contribution < 1.29 is 33.0 Å². The number of carboxylic acid groups (broad SMARTS) is 1. The Morgan fingerprint density at radius 3 is 2.63 bits per heavy atom. The van der Waals surface area contributed by atoms with Gasteiger partial charge in [-0.3, -0.25) is 19.9 Å². The molecule has 1 heterocycles. The lowest BCUT2D eigenvalue weighted by atomic mass is 10.1. The molecule has 2 aromatic carbocycles. The summed E-state index contributed by atoms with van der Waals surface area (Å²) < 4.78 is 32.9. The first kappa shape index (κ1) is 28.9. The van der Waals surface area contributed by atoms with Crippen LogP contribution in [-0.2, 0) is 20.9 Å². The standard InChI is InChI=1S/C24H24ClF2N5O5S/c1-14(33)32(28-12-15-6-4-10-19(26)21(15)27)16(7-5-11-20(34)35)13-37-24(36)29-23-31-30-22(38-23)17-8-2-3-9-18(17)25/h2-4,6,8-10,16,28H,5,7,11-13H2,1H3,(H,34,35)(H,29,31,36)/t16-/m0/s1. The third-order valence-electron chi connectivity index (χ3n) is 5.25. The fourth-order valence-electron chi connectivity index (χ4n) is 3.44. The number of nitrogens with one attached hydrogen (secondary N) is 2. The van der Waals surface area contributed by atoms with Crippen LogP contribution in [0.2, 0.25) is 5.02 Å². The van der Waals surface area contributed by atoms with Crippen LogP contribution in [0.25, 0.3) is 10.6 Å². The van der Waals surface area contributed by atoms with Crippen molar-refractivity contribution in [2.24, 2.45) is 0 Å². The topological polar surface area (TPSA) is 134 Å². The monoisotopic (exact) mass is 567 g/mol. The van der Waals surface area contributed by atoms with Gasteiger partial charge in [0.1, 0.15) is 6.61 Å². The molecule has 2 amide bonds. The number of halogens is 3. The molecule has 1 atom stereocenters. The zero-order valence-corrected chi connectivity index (χ0v) is 21.7. The zero-order valence-electron chi connectivity index (χ0n) is 20.1. The number of carboxylic acids is 1. The van der Waals surface area contributed by atoms with Gasteiger partial charge in [-0.15, -0.1) is 10.2 Å². The number of aromatic nitrogens is 2. The van der Waals surface area contributed by atoms with E-state index in [1.807, 2.05) is 0 Å². The van der Waals surface area contributed by atoms with Gasteiger partial charge >= 0.3 is 12.1 Å². The number of rotatable bonds is 12. The first-order chi connectivity index (χ1) is 18.2. The molecule has 0 radical (unpaired) electrons. The second-order valence-corrected chi connectivity index (χ2v) is 9.38. The fraction of sp³-hybridized carbons (Fsp3) is 0.292. The Morgan fingerprint density at radius 1 is 1.16 bits per heavy atom. The molecule has 0 unspecified atom stereocenters. The molecule has 0 spiro atoms. The van der Waals surface area contributed by atoms with Gasteiger partial charge in [0, 0.05) is 31.0 Å². The molecule has 0 saturated heterocycles. The number of ether oxygens (including phenoxy) is 1. The predicted octanol–water partition coefficient (Wildman–Crippen LogP) is 4.86. The predicted molar refractivity (Wildman–Crippen MR) is 136 cm³/mol. The van der Waals surface area contributed by atoms with Crippen molar-refractivity contribution in [3.8, 4) is 10.6 Å². The smallest absolute Gasteiger partial charge is 0.413 e. The maximum Gasteiger partial charge on any atom is 0.413 e. The molecular formula is C24H24ClF2N5O5S.